The van der Waals surface area contributed by atoms with E-state index in [4.69, 9.17) is 4.52 Å². The minimum atomic E-state index is 0.157. The Bertz CT molecular complexity index is 665. The van der Waals surface area contributed by atoms with Gasteiger partial charge in [-0.05, 0) is 30.3 Å². The van der Waals surface area contributed by atoms with Gasteiger partial charge in [0.25, 0.3) is 5.89 Å². The molecule has 0 fully saturated rings. The molecule has 0 amide bonds. The molecule has 3 rings (SSSR count). The number of aromatic hydroxyl groups is 1. The van der Waals surface area contributed by atoms with E-state index in [9.17, 15) is 5.11 Å². The molecular formula is C13H9N3O2. The van der Waals surface area contributed by atoms with E-state index in [0.29, 0.717) is 23.0 Å². The number of phenolic OH excluding ortho intramolecular Hbond substituents is 1. The highest BCUT2D eigenvalue weighted by Gasteiger charge is 2.11. The number of hydrogen-bond donors (Lipinski definition) is 1. The number of aromatic nitrogens is 3. The van der Waals surface area contributed by atoms with E-state index in [1.807, 2.05) is 12.1 Å². The summed E-state index contributed by atoms with van der Waals surface area (Å²) in [6.45, 7) is 0. The van der Waals surface area contributed by atoms with Crippen molar-refractivity contribution >= 4 is 0 Å². The highest BCUT2D eigenvalue weighted by atomic mass is 16.5. The first-order chi connectivity index (χ1) is 8.83. The van der Waals surface area contributed by atoms with Crippen molar-refractivity contribution in [2.24, 2.45) is 0 Å². The predicted octanol–water partition coefficient (Wildman–Crippen LogP) is 2.50. The van der Waals surface area contributed by atoms with Crippen molar-refractivity contribution in [1.82, 2.24) is 15.1 Å². The van der Waals surface area contributed by atoms with Crippen LogP contribution in [0.5, 0.6) is 5.75 Å². The number of nitrogens with zero attached hydrogens (tertiary/aromatic N) is 3. The van der Waals surface area contributed by atoms with Gasteiger partial charge < -0.3 is 9.63 Å². The second-order valence-electron chi connectivity index (χ2n) is 3.69. The van der Waals surface area contributed by atoms with Crippen LogP contribution in [0.15, 0.2) is 53.2 Å². The molecule has 0 saturated heterocycles. The molecule has 18 heavy (non-hydrogen) atoms. The van der Waals surface area contributed by atoms with Gasteiger partial charge in [-0.1, -0.05) is 17.3 Å². The highest BCUT2D eigenvalue weighted by molar-refractivity contribution is 5.58. The second kappa shape index (κ2) is 4.29. The third-order valence-electron chi connectivity index (χ3n) is 2.41. The molecule has 5 heteroatoms. The van der Waals surface area contributed by atoms with Crippen LogP contribution in [0.3, 0.4) is 0 Å². The summed E-state index contributed by atoms with van der Waals surface area (Å²) in [4.78, 5) is 8.38. The van der Waals surface area contributed by atoms with Crippen LogP contribution in [0.4, 0.5) is 0 Å². The van der Waals surface area contributed by atoms with Crippen molar-refractivity contribution in [1.29, 1.82) is 0 Å². The number of benzene rings is 1. The largest absolute Gasteiger partial charge is 0.508 e. The lowest BCUT2D eigenvalue weighted by molar-refractivity contribution is 0.431. The Kier molecular flexibility index (Phi) is 2.49. The van der Waals surface area contributed by atoms with Gasteiger partial charge in [0.15, 0.2) is 0 Å². The normalized spacial score (nSPS) is 10.4. The van der Waals surface area contributed by atoms with E-state index < -0.39 is 0 Å². The van der Waals surface area contributed by atoms with Gasteiger partial charge >= 0.3 is 0 Å². The zero-order valence-electron chi connectivity index (χ0n) is 9.32. The lowest BCUT2D eigenvalue weighted by Gasteiger charge is -1.94. The molecule has 1 N–H and O–H groups in total. The van der Waals surface area contributed by atoms with Crippen molar-refractivity contribution < 1.29 is 9.63 Å². The van der Waals surface area contributed by atoms with E-state index in [-0.39, 0.29) is 5.75 Å². The molecule has 2 aromatic heterocycles. The second-order valence-corrected chi connectivity index (χ2v) is 3.69. The first kappa shape index (κ1) is 10.5. The van der Waals surface area contributed by atoms with Gasteiger partial charge in [0.2, 0.25) is 5.82 Å². The third-order valence-corrected chi connectivity index (χ3v) is 2.41. The van der Waals surface area contributed by atoms with Crippen LogP contribution in [0.2, 0.25) is 0 Å². The zero-order chi connectivity index (χ0) is 12.4. The van der Waals surface area contributed by atoms with E-state index >= 15 is 0 Å². The SMILES string of the molecule is Oc1cccc(-c2nc(-c3ccccn3)no2)c1. The van der Waals surface area contributed by atoms with Crippen molar-refractivity contribution in [3.63, 3.8) is 0 Å². The number of phenols is 1. The fourth-order valence-electron chi connectivity index (χ4n) is 1.58. The maximum Gasteiger partial charge on any atom is 0.258 e. The zero-order valence-corrected chi connectivity index (χ0v) is 9.32. The maximum absolute atomic E-state index is 9.40. The first-order valence-corrected chi connectivity index (χ1v) is 5.37. The maximum atomic E-state index is 9.40. The predicted molar refractivity (Wildman–Crippen MR) is 64.6 cm³/mol. The van der Waals surface area contributed by atoms with Crippen molar-refractivity contribution in [2.75, 3.05) is 0 Å². The summed E-state index contributed by atoms with van der Waals surface area (Å²) in [6.07, 6.45) is 1.67. The monoisotopic (exact) mass is 239 g/mol. The molecule has 88 valence electrons. The van der Waals surface area contributed by atoms with Gasteiger partial charge in [-0.3, -0.25) is 4.98 Å². The van der Waals surface area contributed by atoms with Crippen LogP contribution in [0.25, 0.3) is 23.0 Å². The summed E-state index contributed by atoms with van der Waals surface area (Å²) in [5.74, 6) is 0.936. The molecule has 0 spiro atoms. The van der Waals surface area contributed by atoms with Crippen molar-refractivity contribution in [2.45, 2.75) is 0 Å². The molecule has 3 aromatic rings. The molecule has 0 bridgehead atoms. The highest BCUT2D eigenvalue weighted by Crippen LogP contribution is 2.23. The van der Waals surface area contributed by atoms with E-state index in [1.54, 1.807) is 36.5 Å². The minimum absolute atomic E-state index is 0.157. The third kappa shape index (κ3) is 1.93. The molecule has 1 aromatic carbocycles. The summed E-state index contributed by atoms with van der Waals surface area (Å²) >= 11 is 0. The first-order valence-electron chi connectivity index (χ1n) is 5.37. The quantitative estimate of drug-likeness (QED) is 0.743. The molecule has 0 aliphatic heterocycles. The Morgan fingerprint density at radius 1 is 1.06 bits per heavy atom. The molecular weight excluding hydrogens is 230 g/mol. The van der Waals surface area contributed by atoms with Crippen LogP contribution < -0.4 is 0 Å². The van der Waals surface area contributed by atoms with Crippen LogP contribution in [0, 0.1) is 0 Å². The van der Waals surface area contributed by atoms with Crippen LogP contribution in [-0.2, 0) is 0 Å². The standard InChI is InChI=1S/C13H9N3O2/c17-10-5-3-4-9(8-10)13-15-12(16-18-13)11-6-1-2-7-14-11/h1-8,17H. The van der Waals surface area contributed by atoms with Crippen LogP contribution >= 0.6 is 0 Å². The van der Waals surface area contributed by atoms with Gasteiger partial charge in [-0.15, -0.1) is 0 Å². The average Bonchev–Trinajstić information content (AvgIpc) is 2.89. The van der Waals surface area contributed by atoms with E-state index in [0.717, 1.165) is 0 Å². The summed E-state index contributed by atoms with van der Waals surface area (Å²) in [5, 5.41) is 13.3. The molecule has 0 aliphatic carbocycles. The summed E-state index contributed by atoms with van der Waals surface area (Å²) in [7, 11) is 0. The van der Waals surface area contributed by atoms with Gasteiger partial charge in [0, 0.05) is 11.8 Å². The number of rotatable bonds is 2. The molecule has 2 heterocycles. The Hall–Kier alpha value is -2.69. The van der Waals surface area contributed by atoms with E-state index in [1.165, 1.54) is 0 Å². The molecule has 0 unspecified atom stereocenters. The van der Waals surface area contributed by atoms with Crippen LogP contribution in [-0.4, -0.2) is 20.2 Å². The van der Waals surface area contributed by atoms with Gasteiger partial charge in [0.1, 0.15) is 11.4 Å². The average molecular weight is 239 g/mol. The molecule has 0 atom stereocenters. The topological polar surface area (TPSA) is 72.0 Å². The molecule has 0 aliphatic rings. The Morgan fingerprint density at radius 2 is 2.00 bits per heavy atom. The fourth-order valence-corrected chi connectivity index (χ4v) is 1.58. The minimum Gasteiger partial charge on any atom is -0.508 e. The summed E-state index contributed by atoms with van der Waals surface area (Å²) < 4.78 is 5.15. The fraction of sp³-hybridized carbons (Fsp3) is 0. The van der Waals surface area contributed by atoms with Gasteiger partial charge in [-0.2, -0.15) is 4.98 Å². The molecule has 0 radical (unpaired) electrons. The number of hydrogen-bond acceptors (Lipinski definition) is 5. The summed E-state index contributed by atoms with van der Waals surface area (Å²) in [6, 6.07) is 12.1. The van der Waals surface area contributed by atoms with Crippen LogP contribution in [0.1, 0.15) is 0 Å². The van der Waals surface area contributed by atoms with Crippen molar-refractivity contribution in [3.05, 3.63) is 48.7 Å². The Balaban J connectivity index is 2.00. The van der Waals surface area contributed by atoms with E-state index in [2.05, 4.69) is 15.1 Å². The summed E-state index contributed by atoms with van der Waals surface area (Å²) in [5.41, 5.74) is 1.32. The number of pyridine rings is 1. The van der Waals surface area contributed by atoms with Gasteiger partial charge in [0.05, 0.1) is 0 Å². The van der Waals surface area contributed by atoms with Crippen molar-refractivity contribution in [3.8, 4) is 28.7 Å². The smallest absolute Gasteiger partial charge is 0.258 e. The molecule has 0 saturated carbocycles. The Labute approximate surface area is 103 Å². The Morgan fingerprint density at radius 3 is 2.78 bits per heavy atom. The van der Waals surface area contributed by atoms with Gasteiger partial charge in [-0.25, -0.2) is 0 Å². The molecule has 5 nitrogen and oxygen atoms in total. The lowest BCUT2D eigenvalue weighted by atomic mass is 10.2. The lowest BCUT2D eigenvalue weighted by Crippen LogP contribution is -1.84.